The maximum atomic E-state index is 5.70. The number of hydrogen-bond acceptors (Lipinski definition) is 1. The van der Waals surface area contributed by atoms with E-state index in [9.17, 15) is 0 Å². The predicted octanol–water partition coefficient (Wildman–Crippen LogP) is 2.85. The van der Waals surface area contributed by atoms with Gasteiger partial charge in [0.05, 0.1) is 12.7 Å². The summed E-state index contributed by atoms with van der Waals surface area (Å²) in [5.74, 6) is 1.76. The van der Waals surface area contributed by atoms with E-state index in [4.69, 9.17) is 4.74 Å². The van der Waals surface area contributed by atoms with Gasteiger partial charge in [-0.1, -0.05) is 20.8 Å². The van der Waals surface area contributed by atoms with Crippen LogP contribution in [0.25, 0.3) is 0 Å². The van der Waals surface area contributed by atoms with Gasteiger partial charge < -0.3 is 4.74 Å². The molecule has 0 aromatic carbocycles. The number of fused-ring (bicyclic) bond motifs is 3. The number of hydrogen-bond donors (Lipinski definition) is 0. The fraction of sp³-hybridized carbons (Fsp3) is 1.00. The molecule has 0 amide bonds. The highest BCUT2D eigenvalue weighted by molar-refractivity contribution is 4.90. The van der Waals surface area contributed by atoms with Crippen LogP contribution in [0.3, 0.4) is 0 Å². The Morgan fingerprint density at radius 3 is 2.17 bits per heavy atom. The number of rotatable bonds is 0. The lowest BCUT2D eigenvalue weighted by molar-refractivity contribution is -0.118. The van der Waals surface area contributed by atoms with Gasteiger partial charge in [-0.25, -0.2) is 0 Å². The van der Waals surface area contributed by atoms with Crippen LogP contribution < -0.4 is 0 Å². The summed E-state index contributed by atoms with van der Waals surface area (Å²) in [5.41, 5.74) is 0.493. The van der Waals surface area contributed by atoms with Crippen molar-refractivity contribution in [3.63, 3.8) is 0 Å². The monoisotopic (exact) mass is 168 g/mol. The molecule has 0 aromatic rings. The van der Waals surface area contributed by atoms with Crippen molar-refractivity contribution in [1.82, 2.24) is 0 Å². The van der Waals surface area contributed by atoms with E-state index in [-0.39, 0.29) is 0 Å². The van der Waals surface area contributed by atoms with Gasteiger partial charge in [-0.3, -0.25) is 0 Å². The van der Waals surface area contributed by atoms with Gasteiger partial charge in [-0.05, 0) is 36.5 Å². The first-order valence-corrected chi connectivity index (χ1v) is 5.19. The minimum absolute atomic E-state index is 0.493. The second kappa shape index (κ2) is 2.73. The van der Waals surface area contributed by atoms with Gasteiger partial charge >= 0.3 is 0 Å². The third kappa shape index (κ3) is 1.39. The van der Waals surface area contributed by atoms with Crippen LogP contribution in [0.1, 0.15) is 40.0 Å². The summed E-state index contributed by atoms with van der Waals surface area (Å²) < 4.78 is 5.70. The summed E-state index contributed by atoms with van der Waals surface area (Å²) in [7, 11) is 0. The zero-order valence-corrected chi connectivity index (χ0v) is 8.47. The van der Waals surface area contributed by atoms with E-state index >= 15 is 0 Å². The van der Waals surface area contributed by atoms with Gasteiger partial charge in [0.25, 0.3) is 0 Å². The average molecular weight is 168 g/mol. The molecule has 12 heavy (non-hydrogen) atoms. The first kappa shape index (κ1) is 8.55. The van der Waals surface area contributed by atoms with Crippen LogP contribution in [-0.2, 0) is 4.74 Å². The zero-order chi connectivity index (χ0) is 8.77. The minimum Gasteiger partial charge on any atom is -0.378 e. The van der Waals surface area contributed by atoms with Crippen LogP contribution in [0.2, 0.25) is 0 Å². The van der Waals surface area contributed by atoms with E-state index in [1.165, 1.54) is 19.3 Å². The molecule has 0 radical (unpaired) electrons. The molecule has 0 N–H and O–H groups in total. The molecule has 3 unspecified atom stereocenters. The maximum absolute atomic E-state index is 5.70. The Labute approximate surface area is 75.5 Å². The van der Waals surface area contributed by atoms with Gasteiger partial charge in [-0.2, -0.15) is 0 Å². The lowest BCUT2D eigenvalue weighted by Gasteiger charge is -2.48. The topological polar surface area (TPSA) is 9.23 Å². The molecule has 3 fully saturated rings. The lowest BCUT2D eigenvalue weighted by Crippen LogP contribution is -2.44. The summed E-state index contributed by atoms with van der Waals surface area (Å²) in [4.78, 5) is 0. The predicted molar refractivity (Wildman–Crippen MR) is 50.0 cm³/mol. The van der Waals surface area contributed by atoms with Gasteiger partial charge in [0.2, 0.25) is 0 Å². The van der Waals surface area contributed by atoms with Crippen molar-refractivity contribution >= 4 is 0 Å². The van der Waals surface area contributed by atoms with E-state index in [1.807, 2.05) is 0 Å². The Hall–Kier alpha value is -0.0400. The molecule has 3 rings (SSSR count). The van der Waals surface area contributed by atoms with E-state index < -0.39 is 0 Å². The smallest absolute Gasteiger partial charge is 0.0578 e. The zero-order valence-electron chi connectivity index (χ0n) is 8.47. The van der Waals surface area contributed by atoms with E-state index in [0.717, 1.165) is 18.4 Å². The van der Waals surface area contributed by atoms with Crippen molar-refractivity contribution in [2.24, 2.45) is 17.3 Å². The van der Waals surface area contributed by atoms with E-state index in [1.54, 1.807) is 0 Å². The van der Waals surface area contributed by atoms with Crippen LogP contribution in [0.5, 0.6) is 0 Å². The summed E-state index contributed by atoms with van der Waals surface area (Å²) in [6, 6.07) is 0. The molecule has 2 bridgehead atoms. The van der Waals surface area contributed by atoms with Gasteiger partial charge in [0, 0.05) is 0 Å². The minimum atomic E-state index is 0.493. The normalized spacial score (nSPS) is 41.8. The van der Waals surface area contributed by atoms with Crippen molar-refractivity contribution in [1.29, 1.82) is 0 Å². The molecule has 0 spiro atoms. The van der Waals surface area contributed by atoms with Crippen LogP contribution in [-0.4, -0.2) is 12.7 Å². The van der Waals surface area contributed by atoms with E-state index in [2.05, 4.69) is 20.8 Å². The summed E-state index contributed by atoms with van der Waals surface area (Å²) in [5, 5.41) is 0. The fourth-order valence-electron chi connectivity index (χ4n) is 2.87. The number of ether oxygens (including phenoxy) is 1. The maximum Gasteiger partial charge on any atom is 0.0578 e. The second-order valence-corrected chi connectivity index (χ2v) is 5.50. The van der Waals surface area contributed by atoms with E-state index in [0.29, 0.717) is 11.5 Å². The Bertz CT molecular complexity index is 160. The van der Waals surface area contributed by atoms with Crippen LogP contribution >= 0.6 is 0 Å². The highest BCUT2D eigenvalue weighted by Gasteiger charge is 2.41. The molecule has 1 saturated carbocycles. The Morgan fingerprint density at radius 2 is 1.92 bits per heavy atom. The first-order valence-electron chi connectivity index (χ1n) is 5.19. The first-order chi connectivity index (χ1) is 5.57. The molecule has 3 atom stereocenters. The van der Waals surface area contributed by atoms with Crippen molar-refractivity contribution in [3.8, 4) is 0 Å². The quantitative estimate of drug-likeness (QED) is 0.540. The van der Waals surface area contributed by atoms with Crippen LogP contribution in [0.4, 0.5) is 0 Å². The third-order valence-electron chi connectivity index (χ3n) is 3.60. The summed E-state index contributed by atoms with van der Waals surface area (Å²) >= 11 is 0. The molecule has 0 aromatic heterocycles. The molecule has 70 valence electrons. The largest absolute Gasteiger partial charge is 0.378 e. The average Bonchev–Trinajstić information content (AvgIpc) is 2.05. The Morgan fingerprint density at radius 1 is 1.17 bits per heavy atom. The molecule has 2 saturated heterocycles. The van der Waals surface area contributed by atoms with Gasteiger partial charge in [0.1, 0.15) is 0 Å². The Balaban J connectivity index is 2.09. The molecular formula is C11H20O. The fourth-order valence-corrected chi connectivity index (χ4v) is 2.87. The standard InChI is InChI=1S/C11H20O/c1-11(2,3)10-6-9-5-4-8(10)7-12-9/h8-10H,4-7H2,1-3H3. The molecule has 1 heteroatoms. The third-order valence-corrected chi connectivity index (χ3v) is 3.60. The van der Waals surface area contributed by atoms with Crippen molar-refractivity contribution in [2.45, 2.75) is 46.1 Å². The van der Waals surface area contributed by atoms with Crippen LogP contribution in [0, 0.1) is 17.3 Å². The highest BCUT2D eigenvalue weighted by Crippen LogP contribution is 2.46. The summed E-state index contributed by atoms with van der Waals surface area (Å²) in [6.07, 6.45) is 4.64. The second-order valence-electron chi connectivity index (χ2n) is 5.50. The lowest BCUT2D eigenvalue weighted by atomic mass is 9.64. The molecule has 1 aliphatic carbocycles. The molecule has 2 heterocycles. The Kier molecular flexibility index (Phi) is 1.95. The van der Waals surface area contributed by atoms with Crippen LogP contribution in [0.15, 0.2) is 0 Å². The van der Waals surface area contributed by atoms with Crippen molar-refractivity contribution in [3.05, 3.63) is 0 Å². The summed E-state index contributed by atoms with van der Waals surface area (Å²) in [6.45, 7) is 8.15. The van der Waals surface area contributed by atoms with Crippen molar-refractivity contribution in [2.75, 3.05) is 6.61 Å². The highest BCUT2D eigenvalue weighted by atomic mass is 16.5. The molecule has 1 nitrogen and oxygen atoms in total. The van der Waals surface area contributed by atoms with Crippen molar-refractivity contribution < 1.29 is 4.74 Å². The van der Waals surface area contributed by atoms with Gasteiger partial charge in [-0.15, -0.1) is 0 Å². The molecule has 2 aliphatic heterocycles. The molecular weight excluding hydrogens is 148 g/mol. The molecule has 3 aliphatic rings. The SMILES string of the molecule is CC(C)(C)C1CC2CCC1CO2. The van der Waals surface area contributed by atoms with Gasteiger partial charge in [0.15, 0.2) is 0 Å².